The highest BCUT2D eigenvalue weighted by Gasteiger charge is 2.53. The normalized spacial score (nSPS) is 22.3. The standard InChI is InChI=1S/C31H33NO5/c1-19(2)29-27-23(17-32(29)30(33)21-12-8-5-9-13-21)14-22-15-25(36-3)26(16-24(22)28(27)31(34)35)37-18-20-10-6-4-7-11-20/h4-13,15-16,19,23,27-29H,14,17-18H2,1-3H3,(H,34,35)/t23-,27+,28+,29+/m1/s1. The fourth-order valence-corrected chi connectivity index (χ4v) is 6.30. The average Bonchev–Trinajstić information content (AvgIpc) is 3.29. The Labute approximate surface area is 217 Å². The maximum atomic E-state index is 13.6. The predicted molar refractivity (Wildman–Crippen MR) is 141 cm³/mol. The zero-order chi connectivity index (χ0) is 26.1. The van der Waals surface area contributed by atoms with E-state index in [9.17, 15) is 14.7 Å². The van der Waals surface area contributed by atoms with Gasteiger partial charge in [-0.05, 0) is 59.2 Å². The van der Waals surface area contributed by atoms with Crippen LogP contribution in [0, 0.1) is 17.8 Å². The minimum Gasteiger partial charge on any atom is -0.493 e. The Bertz CT molecular complexity index is 1270. The van der Waals surface area contributed by atoms with Gasteiger partial charge < -0.3 is 19.5 Å². The molecule has 1 aliphatic heterocycles. The van der Waals surface area contributed by atoms with Crippen molar-refractivity contribution in [3.63, 3.8) is 0 Å². The number of hydrogen-bond acceptors (Lipinski definition) is 4. The molecule has 37 heavy (non-hydrogen) atoms. The molecular formula is C31H33NO5. The van der Waals surface area contributed by atoms with Gasteiger partial charge in [-0.25, -0.2) is 0 Å². The molecule has 0 saturated carbocycles. The zero-order valence-electron chi connectivity index (χ0n) is 21.5. The van der Waals surface area contributed by atoms with Crippen molar-refractivity contribution in [2.24, 2.45) is 17.8 Å². The molecule has 3 aromatic rings. The molecule has 2 aliphatic rings. The van der Waals surface area contributed by atoms with Gasteiger partial charge in [0, 0.05) is 24.1 Å². The van der Waals surface area contributed by atoms with Crippen LogP contribution in [-0.2, 0) is 17.8 Å². The van der Waals surface area contributed by atoms with Crippen LogP contribution in [0.15, 0.2) is 72.8 Å². The fourth-order valence-electron chi connectivity index (χ4n) is 6.30. The molecule has 1 heterocycles. The number of ether oxygens (including phenoxy) is 2. The molecule has 3 aromatic carbocycles. The lowest BCUT2D eigenvalue weighted by Crippen LogP contribution is -2.44. The van der Waals surface area contributed by atoms with Crippen LogP contribution in [-0.4, -0.2) is 41.6 Å². The van der Waals surface area contributed by atoms with Gasteiger partial charge in [-0.3, -0.25) is 9.59 Å². The second-order valence-corrected chi connectivity index (χ2v) is 10.4. The number of carboxylic acids is 1. The van der Waals surface area contributed by atoms with Gasteiger partial charge in [0.2, 0.25) is 0 Å². The third-order valence-corrected chi connectivity index (χ3v) is 7.83. The first-order valence-electron chi connectivity index (χ1n) is 12.9. The van der Waals surface area contributed by atoms with Crippen LogP contribution < -0.4 is 9.47 Å². The largest absolute Gasteiger partial charge is 0.493 e. The Morgan fingerprint density at radius 1 is 1.00 bits per heavy atom. The summed E-state index contributed by atoms with van der Waals surface area (Å²) in [6, 6.07) is 22.7. The summed E-state index contributed by atoms with van der Waals surface area (Å²) in [5.41, 5.74) is 3.36. The molecular weight excluding hydrogens is 466 g/mol. The van der Waals surface area contributed by atoms with Crippen LogP contribution in [0.2, 0.25) is 0 Å². The third kappa shape index (κ3) is 4.68. The summed E-state index contributed by atoms with van der Waals surface area (Å²) in [5.74, 6) is -0.541. The number of carboxylic acid groups (broad SMARTS) is 1. The highest BCUT2D eigenvalue weighted by atomic mass is 16.5. The zero-order valence-corrected chi connectivity index (χ0v) is 21.5. The van der Waals surface area contributed by atoms with E-state index in [1.165, 1.54) is 0 Å². The highest BCUT2D eigenvalue weighted by molar-refractivity contribution is 5.95. The van der Waals surface area contributed by atoms with Gasteiger partial charge in [0.25, 0.3) is 5.91 Å². The molecule has 0 unspecified atom stereocenters. The molecule has 0 aromatic heterocycles. The molecule has 192 valence electrons. The van der Waals surface area contributed by atoms with Crippen molar-refractivity contribution in [3.8, 4) is 11.5 Å². The molecule has 6 nitrogen and oxygen atoms in total. The number of aliphatic carboxylic acids is 1. The number of rotatable bonds is 7. The van der Waals surface area contributed by atoms with Crippen LogP contribution in [0.4, 0.5) is 0 Å². The Morgan fingerprint density at radius 2 is 1.68 bits per heavy atom. The summed E-state index contributed by atoms with van der Waals surface area (Å²) < 4.78 is 11.8. The molecule has 0 radical (unpaired) electrons. The van der Waals surface area contributed by atoms with Crippen molar-refractivity contribution >= 4 is 11.9 Å². The van der Waals surface area contributed by atoms with Crippen LogP contribution >= 0.6 is 0 Å². The van der Waals surface area contributed by atoms with E-state index < -0.39 is 11.9 Å². The Balaban J connectivity index is 1.51. The molecule has 0 bridgehead atoms. The summed E-state index contributed by atoms with van der Waals surface area (Å²) in [4.78, 5) is 28.3. The Morgan fingerprint density at radius 3 is 2.30 bits per heavy atom. The van der Waals surface area contributed by atoms with Crippen LogP contribution in [0.3, 0.4) is 0 Å². The molecule has 1 N–H and O–H groups in total. The summed E-state index contributed by atoms with van der Waals surface area (Å²) in [6.07, 6.45) is 0.695. The lowest BCUT2D eigenvalue weighted by molar-refractivity contribution is -0.141. The Kier molecular flexibility index (Phi) is 6.92. The first-order valence-corrected chi connectivity index (χ1v) is 12.9. The molecule has 5 rings (SSSR count). The number of fused-ring (bicyclic) bond motifs is 2. The smallest absolute Gasteiger partial charge is 0.311 e. The maximum absolute atomic E-state index is 13.6. The monoisotopic (exact) mass is 499 g/mol. The number of hydrogen-bond donors (Lipinski definition) is 1. The Hall–Kier alpha value is -3.80. The van der Waals surface area contributed by atoms with Crippen LogP contribution in [0.1, 0.15) is 46.8 Å². The van der Waals surface area contributed by atoms with Crippen LogP contribution in [0.5, 0.6) is 11.5 Å². The first kappa shape index (κ1) is 24.9. The molecule has 1 aliphatic carbocycles. The number of methoxy groups -OCH3 is 1. The second kappa shape index (κ2) is 10.3. The maximum Gasteiger partial charge on any atom is 0.311 e. The SMILES string of the molecule is COc1cc2c(cc1OCc1ccccc1)[C@H](C(=O)O)[C@@H]1[C@H](C2)CN(C(=O)c2ccccc2)[C@H]1C(C)C. The number of benzene rings is 3. The van der Waals surface area contributed by atoms with Gasteiger partial charge in [-0.1, -0.05) is 62.4 Å². The minimum atomic E-state index is -0.866. The van der Waals surface area contributed by atoms with Gasteiger partial charge in [0.1, 0.15) is 6.61 Å². The third-order valence-electron chi connectivity index (χ3n) is 7.83. The van der Waals surface area contributed by atoms with Gasteiger partial charge in [-0.2, -0.15) is 0 Å². The van der Waals surface area contributed by atoms with E-state index in [-0.39, 0.29) is 29.7 Å². The van der Waals surface area contributed by atoms with Gasteiger partial charge in [0.15, 0.2) is 11.5 Å². The van der Waals surface area contributed by atoms with E-state index in [1.54, 1.807) is 7.11 Å². The molecule has 6 heteroatoms. The number of likely N-dealkylation sites (tertiary alicyclic amines) is 1. The van der Waals surface area contributed by atoms with E-state index in [1.807, 2.05) is 77.7 Å². The van der Waals surface area contributed by atoms with Crippen molar-refractivity contribution < 1.29 is 24.2 Å². The molecule has 4 atom stereocenters. The first-order chi connectivity index (χ1) is 17.9. The lowest BCUT2D eigenvalue weighted by atomic mass is 9.66. The van der Waals surface area contributed by atoms with Crippen molar-refractivity contribution in [3.05, 3.63) is 95.1 Å². The lowest BCUT2D eigenvalue weighted by Gasteiger charge is -2.38. The van der Waals surface area contributed by atoms with E-state index in [4.69, 9.17) is 9.47 Å². The van der Waals surface area contributed by atoms with Gasteiger partial charge >= 0.3 is 5.97 Å². The predicted octanol–water partition coefficient (Wildman–Crippen LogP) is 5.41. The van der Waals surface area contributed by atoms with Crippen molar-refractivity contribution in [1.82, 2.24) is 4.90 Å². The second-order valence-electron chi connectivity index (χ2n) is 10.4. The molecule has 1 fully saturated rings. The topological polar surface area (TPSA) is 76.1 Å². The summed E-state index contributed by atoms with van der Waals surface area (Å²) in [5, 5.41) is 10.5. The number of carbonyl (C=O) groups excluding carboxylic acids is 1. The quantitative estimate of drug-likeness (QED) is 0.470. The average molecular weight is 500 g/mol. The van der Waals surface area contributed by atoms with Crippen molar-refractivity contribution in [1.29, 1.82) is 0 Å². The highest BCUT2D eigenvalue weighted by Crippen LogP contribution is 2.51. The van der Waals surface area contributed by atoms with Crippen LogP contribution in [0.25, 0.3) is 0 Å². The van der Waals surface area contributed by atoms with E-state index in [0.29, 0.717) is 36.6 Å². The molecule has 1 saturated heterocycles. The van der Waals surface area contributed by atoms with E-state index in [2.05, 4.69) is 13.8 Å². The molecule has 0 spiro atoms. The summed E-state index contributed by atoms with van der Waals surface area (Å²) in [6.45, 7) is 5.05. The van der Waals surface area contributed by atoms with E-state index in [0.717, 1.165) is 16.7 Å². The van der Waals surface area contributed by atoms with Gasteiger partial charge in [-0.15, -0.1) is 0 Å². The summed E-state index contributed by atoms with van der Waals surface area (Å²) in [7, 11) is 1.60. The fraction of sp³-hybridized carbons (Fsp3) is 0.355. The van der Waals surface area contributed by atoms with Crippen molar-refractivity contribution in [2.45, 2.75) is 38.8 Å². The number of amides is 1. The van der Waals surface area contributed by atoms with Crippen molar-refractivity contribution in [2.75, 3.05) is 13.7 Å². The molecule has 1 amide bonds. The van der Waals surface area contributed by atoms with E-state index >= 15 is 0 Å². The van der Waals surface area contributed by atoms with Gasteiger partial charge in [0.05, 0.1) is 13.0 Å². The number of carbonyl (C=O) groups is 2. The number of nitrogens with zero attached hydrogens (tertiary/aromatic N) is 1. The summed E-state index contributed by atoms with van der Waals surface area (Å²) >= 11 is 0. The minimum absolute atomic E-state index is 0.0358.